The molecule has 5 rings (SSSR count). The van der Waals surface area contributed by atoms with Crippen LogP contribution in [0, 0.1) is 23.2 Å². The number of nitrogens with one attached hydrogen (secondary N) is 2. The Morgan fingerprint density at radius 2 is 1.72 bits per heavy atom. The summed E-state index contributed by atoms with van der Waals surface area (Å²) in [4.78, 5) is 41.7. The van der Waals surface area contributed by atoms with Crippen LogP contribution in [0.25, 0.3) is 0 Å². The molecular formula is C25H31N9O3S2. The molecule has 3 unspecified atom stereocenters. The minimum absolute atomic E-state index is 0.0580. The molecule has 206 valence electrons. The fourth-order valence-electron chi connectivity index (χ4n) is 6.34. The van der Waals surface area contributed by atoms with Crippen LogP contribution in [0.2, 0.25) is 0 Å². The third-order valence-corrected chi connectivity index (χ3v) is 10.7. The van der Waals surface area contributed by atoms with Crippen molar-refractivity contribution in [3.8, 4) is 6.07 Å². The van der Waals surface area contributed by atoms with E-state index in [0.29, 0.717) is 47.4 Å². The first kappa shape index (κ1) is 27.1. The molecule has 1 saturated carbocycles. The zero-order valence-electron chi connectivity index (χ0n) is 21.4. The number of nitriles is 1. The number of nitrogens with two attached hydrogens (primary N) is 4. The summed E-state index contributed by atoms with van der Waals surface area (Å²) in [6, 6.07) is 5.47. The summed E-state index contributed by atoms with van der Waals surface area (Å²) in [7, 11) is 0. The Balaban J connectivity index is 1.48. The standard InChI is InChI=1S/C25H31N9O3S2/c1-11-13-6-12(9-26)34(21(11)13)20(35)10-31-5-4-25(24(29)32-33-30)14-7-18(22(27)36)38-16(14)2-3-17-15(25)8-19(39-17)23(28)37/h7-8,11-13,21,31,33H,2-6,10,30H2,1H3,(H2,27,36)(H2,28,37)(H2,29,32)/t11-,12?,13?,21?/m0/s1. The number of nitrogens with zero attached hydrogens (tertiary/aromatic N) is 3. The Morgan fingerprint density at radius 1 is 1.13 bits per heavy atom. The maximum atomic E-state index is 13.1. The molecule has 0 radical (unpaired) electrons. The van der Waals surface area contributed by atoms with Gasteiger partial charge >= 0.3 is 0 Å². The Hall–Kier alpha value is -3.51. The monoisotopic (exact) mass is 569 g/mol. The molecule has 0 spiro atoms. The first-order valence-electron chi connectivity index (χ1n) is 12.7. The fourth-order valence-corrected chi connectivity index (χ4v) is 8.52. The normalized spacial score (nSPS) is 24.6. The molecule has 1 saturated heterocycles. The predicted molar refractivity (Wildman–Crippen MR) is 148 cm³/mol. The molecule has 2 aromatic heterocycles. The summed E-state index contributed by atoms with van der Waals surface area (Å²) in [5.41, 5.74) is 20.6. The van der Waals surface area contributed by atoms with Crippen LogP contribution < -0.4 is 33.9 Å². The highest BCUT2D eigenvalue weighted by molar-refractivity contribution is 7.15. The van der Waals surface area contributed by atoms with Crippen LogP contribution in [0.1, 0.15) is 60.0 Å². The van der Waals surface area contributed by atoms with E-state index in [1.807, 2.05) is 0 Å². The van der Waals surface area contributed by atoms with Gasteiger partial charge in [0.05, 0.1) is 27.8 Å². The molecule has 1 aliphatic heterocycles. The number of primary amides is 2. The Labute approximate surface area is 233 Å². The number of piperidine rings is 1. The molecule has 2 fully saturated rings. The predicted octanol–water partition coefficient (Wildman–Crippen LogP) is -0.134. The highest BCUT2D eigenvalue weighted by Gasteiger charge is 2.60. The van der Waals surface area contributed by atoms with Gasteiger partial charge in [0.15, 0.2) is 0 Å². The molecule has 3 amide bonds. The van der Waals surface area contributed by atoms with E-state index < -0.39 is 23.3 Å². The molecule has 3 heterocycles. The fraction of sp³-hybridized carbons (Fsp3) is 0.480. The van der Waals surface area contributed by atoms with Gasteiger partial charge in [0.25, 0.3) is 11.8 Å². The van der Waals surface area contributed by atoms with Gasteiger partial charge < -0.3 is 27.4 Å². The van der Waals surface area contributed by atoms with E-state index in [9.17, 15) is 19.6 Å². The molecule has 0 aromatic carbocycles. The number of fused-ring (bicyclic) bond motifs is 3. The second-order valence-corrected chi connectivity index (χ2v) is 12.6. The maximum Gasteiger partial charge on any atom is 0.258 e. The quantitative estimate of drug-likeness (QED) is 0.0783. The van der Waals surface area contributed by atoms with Gasteiger partial charge in [-0.05, 0) is 67.3 Å². The lowest BCUT2D eigenvalue weighted by molar-refractivity contribution is -0.131. The third-order valence-electron chi connectivity index (χ3n) is 8.28. The van der Waals surface area contributed by atoms with Crippen molar-refractivity contribution in [3.05, 3.63) is 42.8 Å². The molecule has 4 atom stereocenters. The molecule has 14 heteroatoms. The lowest BCUT2D eigenvalue weighted by atomic mass is 9.71. The number of hydrazine groups is 1. The second-order valence-electron chi connectivity index (χ2n) is 10.3. The van der Waals surface area contributed by atoms with Gasteiger partial charge in [0.1, 0.15) is 11.9 Å². The van der Waals surface area contributed by atoms with Gasteiger partial charge in [-0.3, -0.25) is 14.4 Å². The van der Waals surface area contributed by atoms with E-state index in [1.54, 1.807) is 17.0 Å². The zero-order chi connectivity index (χ0) is 28.1. The number of thiophene rings is 2. The average molecular weight is 570 g/mol. The molecule has 0 bridgehead atoms. The van der Waals surface area contributed by atoms with Crippen molar-refractivity contribution < 1.29 is 14.4 Å². The van der Waals surface area contributed by atoms with E-state index in [1.165, 1.54) is 22.7 Å². The Bertz CT molecular complexity index is 1350. The maximum absolute atomic E-state index is 13.1. The number of hydrogen-bond donors (Lipinski definition) is 6. The van der Waals surface area contributed by atoms with Crippen LogP contribution >= 0.6 is 22.7 Å². The smallest absolute Gasteiger partial charge is 0.258 e. The SMILES string of the molecule is C[C@H]1C2CC(C#N)N(C(=O)CNCCC3(/C(N)=N/NN)c4cc(C(N)=O)sc4CCc4sc(C(N)=O)cc43)C21. The summed E-state index contributed by atoms with van der Waals surface area (Å²) in [5.74, 6) is 5.30. The summed E-state index contributed by atoms with van der Waals surface area (Å²) in [5, 5.41) is 16.9. The first-order chi connectivity index (χ1) is 18.6. The van der Waals surface area contributed by atoms with E-state index in [0.717, 1.165) is 27.3 Å². The Morgan fingerprint density at radius 3 is 2.23 bits per heavy atom. The van der Waals surface area contributed by atoms with Gasteiger partial charge in [-0.2, -0.15) is 10.4 Å². The van der Waals surface area contributed by atoms with Crippen LogP contribution in [0.4, 0.5) is 0 Å². The molecule has 3 aliphatic rings. The summed E-state index contributed by atoms with van der Waals surface area (Å²) < 4.78 is 0. The van der Waals surface area contributed by atoms with E-state index in [2.05, 4.69) is 28.9 Å². The van der Waals surface area contributed by atoms with Crippen LogP contribution in [-0.4, -0.2) is 53.6 Å². The molecule has 10 N–H and O–H groups in total. The lowest BCUT2D eigenvalue weighted by Crippen LogP contribution is -2.47. The number of carbonyl (C=O) groups is 3. The number of amides is 3. The van der Waals surface area contributed by atoms with Gasteiger partial charge in [-0.25, -0.2) is 11.4 Å². The van der Waals surface area contributed by atoms with Crippen molar-refractivity contribution in [2.24, 2.45) is 40.0 Å². The van der Waals surface area contributed by atoms with Crippen LogP contribution in [-0.2, 0) is 23.1 Å². The van der Waals surface area contributed by atoms with Crippen molar-refractivity contribution >= 4 is 46.2 Å². The highest BCUT2D eigenvalue weighted by Crippen LogP contribution is 2.53. The average Bonchev–Trinajstić information content (AvgIpc) is 3.32. The van der Waals surface area contributed by atoms with Crippen molar-refractivity contribution in [2.45, 2.75) is 50.1 Å². The number of hydrogen-bond acceptors (Lipinski definition) is 10. The minimum atomic E-state index is -1.07. The van der Waals surface area contributed by atoms with E-state index in [-0.39, 0.29) is 24.3 Å². The minimum Gasteiger partial charge on any atom is -0.385 e. The van der Waals surface area contributed by atoms with Crippen LogP contribution in [0.15, 0.2) is 17.2 Å². The number of amidine groups is 1. The van der Waals surface area contributed by atoms with E-state index >= 15 is 0 Å². The highest BCUT2D eigenvalue weighted by atomic mass is 32.1. The van der Waals surface area contributed by atoms with Gasteiger partial charge in [-0.15, -0.1) is 22.7 Å². The number of aryl methyl sites for hydroxylation is 2. The summed E-state index contributed by atoms with van der Waals surface area (Å²) in [6.45, 7) is 2.50. The number of rotatable bonds is 9. The number of likely N-dealkylation sites (tertiary alicyclic amines) is 1. The molecule has 12 nitrogen and oxygen atoms in total. The third kappa shape index (κ3) is 4.45. The molecule has 2 aliphatic carbocycles. The summed E-state index contributed by atoms with van der Waals surface area (Å²) >= 11 is 2.62. The molecule has 2 aromatic rings. The zero-order valence-corrected chi connectivity index (χ0v) is 23.0. The van der Waals surface area contributed by atoms with Crippen LogP contribution in [0.3, 0.4) is 0 Å². The summed E-state index contributed by atoms with van der Waals surface area (Å²) in [6.07, 6.45) is 2.29. The number of hydrazone groups is 1. The Kier molecular flexibility index (Phi) is 7.10. The van der Waals surface area contributed by atoms with Crippen molar-refractivity contribution in [2.75, 3.05) is 13.1 Å². The van der Waals surface area contributed by atoms with Gasteiger partial charge in [0.2, 0.25) is 5.91 Å². The topological polar surface area (TPSA) is 219 Å². The van der Waals surface area contributed by atoms with Gasteiger partial charge in [0, 0.05) is 15.8 Å². The second kappa shape index (κ2) is 10.2. The number of carbonyl (C=O) groups excluding carboxylic acids is 3. The first-order valence-corrected chi connectivity index (χ1v) is 14.3. The molecule has 39 heavy (non-hydrogen) atoms. The van der Waals surface area contributed by atoms with E-state index in [4.69, 9.17) is 23.0 Å². The largest absolute Gasteiger partial charge is 0.385 e. The van der Waals surface area contributed by atoms with Crippen molar-refractivity contribution in [3.63, 3.8) is 0 Å². The van der Waals surface area contributed by atoms with Crippen LogP contribution in [0.5, 0.6) is 0 Å². The molecular weight excluding hydrogens is 538 g/mol. The lowest BCUT2D eigenvalue weighted by Gasteiger charge is -2.34. The van der Waals surface area contributed by atoms with Crippen molar-refractivity contribution in [1.29, 1.82) is 5.26 Å². The van der Waals surface area contributed by atoms with Gasteiger partial charge in [-0.1, -0.05) is 6.92 Å². The van der Waals surface area contributed by atoms with Crippen molar-refractivity contribution in [1.82, 2.24) is 15.8 Å².